The number of aromatic nitrogens is 3. The number of hydrogen-bond donors (Lipinski definition) is 0. The van der Waals surface area contributed by atoms with Gasteiger partial charge in [0, 0.05) is 36.0 Å². The first kappa shape index (κ1) is 22.0. The van der Waals surface area contributed by atoms with Crippen molar-refractivity contribution in [2.24, 2.45) is 0 Å². The first-order valence-corrected chi connectivity index (χ1v) is 13.0. The van der Waals surface area contributed by atoms with Gasteiger partial charge in [0.2, 0.25) is 15.9 Å². The molecule has 1 aliphatic rings. The van der Waals surface area contributed by atoms with Gasteiger partial charge in [-0.2, -0.15) is 4.31 Å². The molecule has 0 bridgehead atoms. The number of hydrogen-bond acceptors (Lipinski definition) is 7. The number of benzene rings is 2. The van der Waals surface area contributed by atoms with Crippen LogP contribution < -0.4 is 0 Å². The van der Waals surface area contributed by atoms with Crippen LogP contribution in [0.3, 0.4) is 0 Å². The molecular weight excluding hydrogens is 463 g/mol. The molecule has 5 rings (SSSR count). The van der Waals surface area contributed by atoms with Crippen molar-refractivity contribution < 1.29 is 17.2 Å². The summed E-state index contributed by atoms with van der Waals surface area (Å²) in [6.07, 6.45) is 4.47. The van der Waals surface area contributed by atoms with Gasteiger partial charge in [-0.25, -0.2) is 12.8 Å². The molecule has 0 N–H and O–H groups in total. The van der Waals surface area contributed by atoms with Crippen molar-refractivity contribution in [2.45, 2.75) is 35.1 Å². The van der Waals surface area contributed by atoms with Crippen LogP contribution in [0.25, 0.3) is 22.4 Å². The molecule has 0 radical (unpaired) electrons. The van der Waals surface area contributed by atoms with Crippen molar-refractivity contribution in [3.05, 3.63) is 66.1 Å². The van der Waals surface area contributed by atoms with Crippen molar-refractivity contribution in [2.75, 3.05) is 13.1 Å². The second-order valence-corrected chi connectivity index (χ2v) is 10.7. The van der Waals surface area contributed by atoms with E-state index in [1.807, 2.05) is 6.07 Å². The summed E-state index contributed by atoms with van der Waals surface area (Å²) in [5.74, 6) is 0.301. The molecule has 2 aromatic heterocycles. The van der Waals surface area contributed by atoms with E-state index in [1.165, 1.54) is 28.2 Å². The number of halogens is 1. The van der Waals surface area contributed by atoms with E-state index in [2.05, 4.69) is 15.2 Å². The Kier molecular flexibility index (Phi) is 6.13. The van der Waals surface area contributed by atoms with Crippen molar-refractivity contribution in [1.29, 1.82) is 0 Å². The molecule has 7 nitrogen and oxygen atoms in total. The fraction of sp³-hybridized carbons (Fsp3) is 0.261. The molecule has 1 aliphatic heterocycles. The number of thioether (sulfide) groups is 1. The van der Waals surface area contributed by atoms with Crippen molar-refractivity contribution in [1.82, 2.24) is 19.5 Å². The van der Waals surface area contributed by atoms with Gasteiger partial charge in [0.1, 0.15) is 5.82 Å². The van der Waals surface area contributed by atoms with E-state index in [0.717, 1.165) is 35.7 Å². The minimum Gasteiger partial charge on any atom is -0.411 e. The maximum absolute atomic E-state index is 14.0. The van der Waals surface area contributed by atoms with Crippen molar-refractivity contribution in [3.63, 3.8) is 0 Å². The Labute approximate surface area is 195 Å². The van der Waals surface area contributed by atoms with Gasteiger partial charge < -0.3 is 4.42 Å². The first-order valence-electron chi connectivity index (χ1n) is 10.6. The molecule has 2 aromatic carbocycles. The van der Waals surface area contributed by atoms with Crippen LogP contribution in [0.2, 0.25) is 0 Å². The summed E-state index contributed by atoms with van der Waals surface area (Å²) in [5, 5.41) is 9.18. The van der Waals surface area contributed by atoms with Crippen LogP contribution in [0.5, 0.6) is 0 Å². The highest BCUT2D eigenvalue weighted by molar-refractivity contribution is 7.98. The predicted octanol–water partition coefficient (Wildman–Crippen LogP) is 4.89. The summed E-state index contributed by atoms with van der Waals surface area (Å²) in [6, 6.07) is 13.0. The minimum atomic E-state index is -3.56. The second kappa shape index (κ2) is 9.20. The van der Waals surface area contributed by atoms with E-state index >= 15 is 0 Å². The van der Waals surface area contributed by atoms with Gasteiger partial charge >= 0.3 is 0 Å². The molecule has 0 atom stereocenters. The molecule has 4 aromatic rings. The summed E-state index contributed by atoms with van der Waals surface area (Å²) in [7, 11) is -3.56. The molecule has 0 amide bonds. The lowest BCUT2D eigenvalue weighted by atomic mass is 10.1. The predicted molar refractivity (Wildman–Crippen MR) is 124 cm³/mol. The molecule has 1 fully saturated rings. The number of nitrogens with zero attached hydrogens (tertiary/aromatic N) is 4. The topological polar surface area (TPSA) is 89.2 Å². The zero-order chi connectivity index (χ0) is 22.8. The zero-order valence-corrected chi connectivity index (χ0v) is 19.3. The van der Waals surface area contributed by atoms with Gasteiger partial charge in [-0.05, 0) is 54.8 Å². The van der Waals surface area contributed by atoms with Gasteiger partial charge in [-0.3, -0.25) is 4.98 Å². The van der Waals surface area contributed by atoms with Crippen LogP contribution in [0.4, 0.5) is 4.39 Å². The molecule has 0 saturated carbocycles. The van der Waals surface area contributed by atoms with Crippen molar-refractivity contribution >= 4 is 32.7 Å². The van der Waals surface area contributed by atoms with Gasteiger partial charge in [0.05, 0.1) is 10.4 Å². The molecule has 170 valence electrons. The summed E-state index contributed by atoms with van der Waals surface area (Å²) in [5.41, 5.74) is 1.98. The lowest BCUT2D eigenvalue weighted by molar-refractivity contribution is 0.346. The third-order valence-corrected chi connectivity index (χ3v) is 8.30. The number of rotatable bonds is 6. The highest BCUT2D eigenvalue weighted by Gasteiger charge is 2.26. The summed E-state index contributed by atoms with van der Waals surface area (Å²) < 4.78 is 47.2. The van der Waals surface area contributed by atoms with Crippen LogP contribution in [0.15, 0.2) is 69.3 Å². The summed E-state index contributed by atoms with van der Waals surface area (Å²) >= 11 is 1.27. The Hall–Kier alpha value is -2.82. The maximum atomic E-state index is 14.0. The highest BCUT2D eigenvalue weighted by Crippen LogP contribution is 2.30. The van der Waals surface area contributed by atoms with Gasteiger partial charge in [0.15, 0.2) is 0 Å². The monoisotopic (exact) mass is 484 g/mol. The highest BCUT2D eigenvalue weighted by atomic mass is 32.2. The van der Waals surface area contributed by atoms with E-state index in [4.69, 9.17) is 4.42 Å². The van der Waals surface area contributed by atoms with Crippen LogP contribution in [0.1, 0.15) is 24.8 Å². The van der Waals surface area contributed by atoms with Crippen LogP contribution >= 0.6 is 11.8 Å². The quantitative estimate of drug-likeness (QED) is 0.360. The van der Waals surface area contributed by atoms with Gasteiger partial charge in [-0.1, -0.05) is 30.3 Å². The van der Waals surface area contributed by atoms with Gasteiger partial charge in [0.25, 0.3) is 5.22 Å². The Bertz CT molecular complexity index is 1400. The zero-order valence-electron chi connectivity index (χ0n) is 17.6. The Morgan fingerprint density at radius 2 is 1.88 bits per heavy atom. The molecule has 1 saturated heterocycles. The molecular formula is C23H21FN4O3S2. The number of fused-ring (bicyclic) bond motifs is 1. The fourth-order valence-electron chi connectivity index (χ4n) is 3.91. The molecule has 10 heteroatoms. The normalized spacial score (nSPS) is 15.2. The Morgan fingerprint density at radius 3 is 2.73 bits per heavy atom. The van der Waals surface area contributed by atoms with E-state index in [-0.39, 0.29) is 16.6 Å². The Balaban J connectivity index is 1.35. The SMILES string of the molecule is O=S(=O)(c1cccc(-c2nnc(SCc3cc(F)cc4cccnc34)o2)c1)N1CCCCC1. The molecule has 0 unspecified atom stereocenters. The van der Waals surface area contributed by atoms with Crippen molar-refractivity contribution in [3.8, 4) is 11.5 Å². The average Bonchev–Trinajstić information content (AvgIpc) is 3.32. The third-order valence-electron chi connectivity index (χ3n) is 5.54. The smallest absolute Gasteiger partial charge is 0.277 e. The third kappa shape index (κ3) is 4.64. The number of pyridine rings is 1. The number of sulfonamides is 1. The fourth-order valence-corrected chi connectivity index (χ4v) is 6.20. The van der Waals surface area contributed by atoms with Gasteiger partial charge in [-0.15, -0.1) is 10.2 Å². The largest absolute Gasteiger partial charge is 0.411 e. The molecule has 3 heterocycles. The Morgan fingerprint density at radius 1 is 1.03 bits per heavy atom. The van der Waals surface area contributed by atoms with E-state index < -0.39 is 10.0 Å². The standard InChI is InChI=1S/C23H21FN4O3S2/c24-19-12-16-7-5-9-25-21(16)18(13-19)15-32-23-27-26-22(31-23)17-6-4-8-20(14-17)33(29,30)28-10-2-1-3-11-28/h4-9,12-14H,1-3,10-11,15H2. The van der Waals surface area contributed by atoms with Crippen LogP contribution in [-0.4, -0.2) is 41.0 Å². The average molecular weight is 485 g/mol. The van der Waals surface area contributed by atoms with E-state index in [1.54, 1.807) is 36.5 Å². The van der Waals surface area contributed by atoms with E-state index in [9.17, 15) is 12.8 Å². The summed E-state index contributed by atoms with van der Waals surface area (Å²) in [6.45, 7) is 1.08. The molecule has 0 aliphatic carbocycles. The first-order chi connectivity index (χ1) is 16.0. The lowest BCUT2D eigenvalue weighted by Gasteiger charge is -2.25. The summed E-state index contributed by atoms with van der Waals surface area (Å²) in [4.78, 5) is 4.57. The second-order valence-electron chi connectivity index (χ2n) is 7.79. The number of piperidine rings is 1. The minimum absolute atomic E-state index is 0.214. The molecule has 0 spiro atoms. The van der Waals surface area contributed by atoms with Crippen LogP contribution in [0, 0.1) is 5.82 Å². The molecule has 33 heavy (non-hydrogen) atoms. The lowest BCUT2D eigenvalue weighted by Crippen LogP contribution is -2.35. The van der Waals surface area contributed by atoms with Crippen LogP contribution in [-0.2, 0) is 15.8 Å². The maximum Gasteiger partial charge on any atom is 0.277 e. The van der Waals surface area contributed by atoms with E-state index in [0.29, 0.717) is 29.6 Å².